The van der Waals surface area contributed by atoms with Gasteiger partial charge in [-0.25, -0.2) is 4.39 Å². The average Bonchev–Trinajstić information content (AvgIpc) is 2.85. The third kappa shape index (κ3) is 5.45. The van der Waals surface area contributed by atoms with E-state index in [-0.39, 0.29) is 16.6 Å². The molecule has 5 heteroatoms. The second-order valence-corrected chi connectivity index (χ2v) is 10.7. The number of carbonyl (C=O) groups is 1. The Kier molecular flexibility index (Phi) is 6.93. The molecule has 0 aliphatic heterocycles. The molecule has 1 atom stereocenters. The molecule has 1 unspecified atom stereocenters. The molecule has 1 aliphatic carbocycles. The van der Waals surface area contributed by atoms with Crippen LogP contribution >= 0.6 is 0 Å². The largest absolute Gasteiger partial charge is 0.489 e. The zero-order chi connectivity index (χ0) is 26.1. The van der Waals surface area contributed by atoms with Crippen molar-refractivity contribution in [1.82, 2.24) is 0 Å². The van der Waals surface area contributed by atoms with Crippen LogP contribution in [0.15, 0.2) is 60.7 Å². The molecule has 0 saturated carbocycles. The quantitative estimate of drug-likeness (QED) is 0.440. The molecule has 1 aliphatic rings. The van der Waals surface area contributed by atoms with Crippen molar-refractivity contribution >= 4 is 5.91 Å². The second kappa shape index (κ2) is 9.79. The summed E-state index contributed by atoms with van der Waals surface area (Å²) in [5.74, 6) is 5.83. The molecule has 3 aromatic rings. The molecule has 3 N–H and O–H groups in total. The first-order valence-electron chi connectivity index (χ1n) is 12.1. The smallest absolute Gasteiger partial charge is 0.248 e. The summed E-state index contributed by atoms with van der Waals surface area (Å²) in [4.78, 5) is 11.3. The molecule has 1 amide bonds. The fourth-order valence-electron chi connectivity index (χ4n) is 4.72. The van der Waals surface area contributed by atoms with Gasteiger partial charge in [0.15, 0.2) is 0 Å². The van der Waals surface area contributed by atoms with Crippen LogP contribution < -0.4 is 10.5 Å². The molecular weight excluding hydrogens is 453 g/mol. The molecule has 36 heavy (non-hydrogen) atoms. The highest BCUT2D eigenvalue weighted by Gasteiger charge is 2.40. The number of benzene rings is 3. The van der Waals surface area contributed by atoms with Crippen molar-refractivity contribution in [3.63, 3.8) is 0 Å². The van der Waals surface area contributed by atoms with Crippen molar-refractivity contribution in [3.05, 3.63) is 99.9 Å². The topological polar surface area (TPSA) is 72.6 Å². The summed E-state index contributed by atoms with van der Waals surface area (Å²) >= 11 is 0. The van der Waals surface area contributed by atoms with Crippen LogP contribution in [0.4, 0.5) is 4.39 Å². The third-order valence-electron chi connectivity index (χ3n) is 7.05. The van der Waals surface area contributed by atoms with Gasteiger partial charge in [-0.05, 0) is 82.8 Å². The number of amides is 1. The van der Waals surface area contributed by atoms with Crippen molar-refractivity contribution < 1.29 is 19.0 Å². The Hall–Kier alpha value is -3.62. The zero-order valence-corrected chi connectivity index (χ0v) is 21.2. The van der Waals surface area contributed by atoms with Crippen LogP contribution in [-0.4, -0.2) is 11.0 Å². The van der Waals surface area contributed by atoms with E-state index in [2.05, 4.69) is 45.6 Å². The van der Waals surface area contributed by atoms with Gasteiger partial charge < -0.3 is 15.6 Å². The van der Waals surface area contributed by atoms with Crippen molar-refractivity contribution in [1.29, 1.82) is 0 Å². The fraction of sp³-hybridized carbons (Fsp3) is 0.323. The minimum Gasteiger partial charge on any atom is -0.489 e. The predicted octanol–water partition coefficient (Wildman–Crippen LogP) is 5.94. The van der Waals surface area contributed by atoms with Gasteiger partial charge in [-0.15, -0.1) is 0 Å². The lowest BCUT2D eigenvalue weighted by molar-refractivity contribution is 0.1000. The predicted molar refractivity (Wildman–Crippen MR) is 139 cm³/mol. The van der Waals surface area contributed by atoms with Crippen molar-refractivity contribution in [2.75, 3.05) is 0 Å². The minimum atomic E-state index is -1.03. The van der Waals surface area contributed by atoms with Crippen LogP contribution in [0.25, 0.3) is 0 Å². The maximum Gasteiger partial charge on any atom is 0.248 e. The number of ether oxygens (including phenoxy) is 1. The van der Waals surface area contributed by atoms with Gasteiger partial charge in [0.2, 0.25) is 5.91 Å². The van der Waals surface area contributed by atoms with Crippen LogP contribution in [0.5, 0.6) is 5.75 Å². The first-order valence-corrected chi connectivity index (χ1v) is 12.1. The Bertz CT molecular complexity index is 1330. The summed E-state index contributed by atoms with van der Waals surface area (Å²) < 4.78 is 19.7. The van der Waals surface area contributed by atoms with E-state index in [1.165, 1.54) is 12.1 Å². The number of fused-ring (bicyclic) bond motifs is 1. The van der Waals surface area contributed by atoms with Gasteiger partial charge in [0, 0.05) is 16.7 Å². The monoisotopic (exact) mass is 485 g/mol. The highest BCUT2D eigenvalue weighted by Crippen LogP contribution is 2.50. The molecule has 186 valence electrons. The number of rotatable bonds is 5. The normalized spacial score (nSPS) is 16.3. The number of hydrogen-bond donors (Lipinski definition) is 2. The third-order valence-corrected chi connectivity index (χ3v) is 7.05. The van der Waals surface area contributed by atoms with Gasteiger partial charge >= 0.3 is 0 Å². The number of hydrogen-bond acceptors (Lipinski definition) is 3. The molecule has 0 fully saturated rings. The zero-order valence-electron chi connectivity index (χ0n) is 21.2. The molecule has 0 bridgehead atoms. The summed E-state index contributed by atoms with van der Waals surface area (Å²) in [7, 11) is 0. The van der Waals surface area contributed by atoms with Crippen LogP contribution in [0.1, 0.15) is 84.8 Å². The Morgan fingerprint density at radius 3 is 2.31 bits per heavy atom. The molecular formula is C31H32FNO3. The maximum atomic E-state index is 13.4. The van der Waals surface area contributed by atoms with Crippen LogP contribution in [0.3, 0.4) is 0 Å². The number of primary amides is 1. The van der Waals surface area contributed by atoms with Gasteiger partial charge in [0.1, 0.15) is 24.3 Å². The first-order chi connectivity index (χ1) is 17.0. The van der Waals surface area contributed by atoms with E-state index in [9.17, 15) is 14.3 Å². The number of aliphatic hydroxyl groups is 1. The van der Waals surface area contributed by atoms with Crippen LogP contribution in [0, 0.1) is 17.7 Å². The van der Waals surface area contributed by atoms with Gasteiger partial charge in [-0.3, -0.25) is 4.79 Å². The Labute approximate surface area is 212 Å². The molecule has 0 radical (unpaired) electrons. The lowest BCUT2D eigenvalue weighted by Gasteiger charge is -2.43. The highest BCUT2D eigenvalue weighted by molar-refractivity contribution is 5.92. The van der Waals surface area contributed by atoms with E-state index in [1.54, 1.807) is 36.4 Å². The summed E-state index contributed by atoms with van der Waals surface area (Å²) in [5.41, 5.74) is 10.0. The average molecular weight is 486 g/mol. The number of nitrogens with two attached hydrogens (primary N) is 1. The molecule has 3 aromatic carbocycles. The summed E-state index contributed by atoms with van der Waals surface area (Å²) in [5, 5.41) is 11.0. The lowest BCUT2D eigenvalue weighted by Crippen LogP contribution is -2.34. The van der Waals surface area contributed by atoms with E-state index >= 15 is 0 Å². The molecule has 4 nitrogen and oxygen atoms in total. The summed E-state index contributed by atoms with van der Waals surface area (Å²) in [6.07, 6.45) is 1.00. The van der Waals surface area contributed by atoms with Crippen LogP contribution in [-0.2, 0) is 17.4 Å². The Balaban J connectivity index is 1.71. The molecule has 0 aromatic heterocycles. The van der Waals surface area contributed by atoms with Crippen molar-refractivity contribution in [2.24, 2.45) is 5.73 Å². The lowest BCUT2D eigenvalue weighted by atomic mass is 9.62. The van der Waals surface area contributed by atoms with E-state index in [0.29, 0.717) is 23.3 Å². The number of carbonyl (C=O) groups excluding carboxylic acids is 1. The van der Waals surface area contributed by atoms with Crippen LogP contribution in [0.2, 0.25) is 0 Å². The number of halogens is 1. The SMILES string of the molecule is CC1(C)CCC(C)(C)c2c(OCc3ccc(F)cc3)cc(C(O)C#Cc3ccc(C(N)=O)cc3)cc21. The standard InChI is InChI=1S/C31H32FNO3/c1-30(2)15-16-31(3,4)28-25(30)17-23(18-27(28)36-19-21-7-12-24(32)13-8-21)26(34)14-9-20-5-10-22(11-6-20)29(33)35/h5-8,10-13,17-18,26,34H,15-16,19H2,1-4H3,(H2,33,35). The minimum absolute atomic E-state index is 0.0907. The van der Waals surface area contributed by atoms with Gasteiger partial charge in [-0.1, -0.05) is 57.7 Å². The van der Waals surface area contributed by atoms with Crippen molar-refractivity contribution in [2.45, 2.75) is 64.1 Å². The van der Waals surface area contributed by atoms with E-state index < -0.39 is 12.0 Å². The Morgan fingerprint density at radius 1 is 1.03 bits per heavy atom. The molecule has 0 heterocycles. The fourth-order valence-corrected chi connectivity index (χ4v) is 4.72. The van der Waals surface area contributed by atoms with Gasteiger partial charge in [0.05, 0.1) is 0 Å². The van der Waals surface area contributed by atoms with E-state index in [4.69, 9.17) is 10.5 Å². The highest BCUT2D eigenvalue weighted by atomic mass is 19.1. The number of aliphatic hydroxyl groups excluding tert-OH is 1. The van der Waals surface area contributed by atoms with Crippen molar-refractivity contribution in [3.8, 4) is 17.6 Å². The second-order valence-electron chi connectivity index (χ2n) is 10.7. The summed E-state index contributed by atoms with van der Waals surface area (Å²) in [6.45, 7) is 9.16. The van der Waals surface area contributed by atoms with E-state index in [0.717, 1.165) is 35.3 Å². The maximum absolute atomic E-state index is 13.4. The van der Waals surface area contributed by atoms with E-state index in [1.807, 2.05) is 6.07 Å². The van der Waals surface area contributed by atoms with Gasteiger partial charge in [0.25, 0.3) is 0 Å². The molecule has 0 saturated heterocycles. The Morgan fingerprint density at radius 2 is 1.67 bits per heavy atom. The first kappa shape index (κ1) is 25.5. The van der Waals surface area contributed by atoms with Gasteiger partial charge in [-0.2, -0.15) is 0 Å². The summed E-state index contributed by atoms with van der Waals surface area (Å²) in [6, 6.07) is 16.8. The molecule has 4 rings (SSSR count). The molecule has 0 spiro atoms.